The van der Waals surface area contributed by atoms with Gasteiger partial charge in [-0.3, -0.25) is 9.78 Å². The molecule has 0 saturated carbocycles. The van der Waals surface area contributed by atoms with Crippen molar-refractivity contribution in [1.82, 2.24) is 10.3 Å². The minimum absolute atomic E-state index is 0.258. The van der Waals surface area contributed by atoms with Gasteiger partial charge in [0, 0.05) is 29.4 Å². The van der Waals surface area contributed by atoms with E-state index in [0.717, 1.165) is 5.56 Å². The van der Waals surface area contributed by atoms with Crippen LogP contribution in [0, 0.1) is 11.3 Å². The molecule has 25 heavy (non-hydrogen) atoms. The quantitative estimate of drug-likeness (QED) is 0.744. The number of carbonyl (C=O) groups excluding carboxylic acids is 1. The molecule has 3 rings (SSSR count). The molecule has 0 saturated heterocycles. The summed E-state index contributed by atoms with van der Waals surface area (Å²) in [5.41, 5.74) is 3.07. The Kier molecular flexibility index (Phi) is 4.87. The zero-order valence-electron chi connectivity index (χ0n) is 13.5. The Labute approximate surface area is 151 Å². The Morgan fingerprint density at radius 3 is 2.56 bits per heavy atom. The monoisotopic (exact) mass is 348 g/mol. The van der Waals surface area contributed by atoms with Crippen molar-refractivity contribution in [2.24, 2.45) is 0 Å². The molecule has 124 valence electrons. The highest BCUT2D eigenvalue weighted by Crippen LogP contribution is 2.38. The SMILES string of the molecule is CC1=C(C(=O)Nc2ccccc2)[C@@H](c2ccncc2)C(C#N)=C(S)N1. The zero-order valence-corrected chi connectivity index (χ0v) is 14.4. The Hall–Kier alpha value is -3.04. The number of carbonyl (C=O) groups is 1. The van der Waals surface area contributed by atoms with Gasteiger partial charge in [0.2, 0.25) is 0 Å². The number of rotatable bonds is 3. The number of anilines is 1. The van der Waals surface area contributed by atoms with Crippen LogP contribution in [0.3, 0.4) is 0 Å². The van der Waals surface area contributed by atoms with Crippen LogP contribution in [0.25, 0.3) is 0 Å². The standard InChI is InChI=1S/C19H16N4OS/c1-12-16(18(24)23-14-5-3-2-4-6-14)17(13-7-9-21-10-8-13)15(11-20)19(25)22-12/h2-10,17,22,25H,1H3,(H,23,24)/t17-/m0/s1. The summed E-state index contributed by atoms with van der Waals surface area (Å²) in [6.07, 6.45) is 3.29. The lowest BCUT2D eigenvalue weighted by Crippen LogP contribution is -2.30. The van der Waals surface area contributed by atoms with Crippen LogP contribution in [0.2, 0.25) is 0 Å². The predicted molar refractivity (Wildman–Crippen MR) is 99.5 cm³/mol. The van der Waals surface area contributed by atoms with E-state index in [2.05, 4.69) is 34.3 Å². The summed E-state index contributed by atoms with van der Waals surface area (Å²) < 4.78 is 0. The van der Waals surface area contributed by atoms with Gasteiger partial charge in [0.1, 0.15) is 0 Å². The fourth-order valence-corrected chi connectivity index (χ4v) is 3.18. The molecule has 0 fully saturated rings. The molecule has 2 heterocycles. The molecule has 0 radical (unpaired) electrons. The van der Waals surface area contributed by atoms with Gasteiger partial charge in [0.15, 0.2) is 0 Å². The molecule has 1 aliphatic rings. The van der Waals surface area contributed by atoms with E-state index in [1.54, 1.807) is 31.5 Å². The number of amides is 1. The first kappa shape index (κ1) is 16.8. The summed E-state index contributed by atoms with van der Waals surface area (Å²) in [4.78, 5) is 17.0. The summed E-state index contributed by atoms with van der Waals surface area (Å²) in [5.74, 6) is -0.753. The number of aromatic nitrogens is 1. The maximum Gasteiger partial charge on any atom is 0.254 e. The number of dihydropyridines is 1. The fourth-order valence-electron chi connectivity index (χ4n) is 2.84. The van der Waals surface area contributed by atoms with Crippen molar-refractivity contribution >= 4 is 24.2 Å². The lowest BCUT2D eigenvalue weighted by atomic mass is 9.82. The number of hydrogen-bond donors (Lipinski definition) is 3. The van der Waals surface area contributed by atoms with Crippen molar-refractivity contribution < 1.29 is 4.79 Å². The number of benzene rings is 1. The third-order valence-corrected chi connectivity index (χ3v) is 4.33. The van der Waals surface area contributed by atoms with Gasteiger partial charge in [-0.05, 0) is 36.8 Å². The fraction of sp³-hybridized carbons (Fsp3) is 0.105. The number of para-hydroxylation sites is 1. The summed E-state index contributed by atoms with van der Waals surface area (Å²) in [6.45, 7) is 1.80. The van der Waals surface area contributed by atoms with E-state index < -0.39 is 5.92 Å². The first-order chi connectivity index (χ1) is 12.1. The molecule has 1 atom stereocenters. The maximum absolute atomic E-state index is 12.9. The minimum atomic E-state index is -0.495. The van der Waals surface area contributed by atoms with Crippen LogP contribution in [0.15, 0.2) is 76.7 Å². The average Bonchev–Trinajstić information content (AvgIpc) is 2.62. The van der Waals surface area contributed by atoms with E-state index in [0.29, 0.717) is 27.6 Å². The summed E-state index contributed by atoms with van der Waals surface area (Å²) in [7, 11) is 0. The molecule has 0 aliphatic carbocycles. The van der Waals surface area contributed by atoms with Gasteiger partial charge >= 0.3 is 0 Å². The van der Waals surface area contributed by atoms with Crippen molar-refractivity contribution in [3.8, 4) is 6.07 Å². The number of hydrogen-bond acceptors (Lipinski definition) is 5. The lowest BCUT2D eigenvalue weighted by molar-refractivity contribution is -0.113. The second kappa shape index (κ2) is 7.24. The molecule has 0 spiro atoms. The van der Waals surface area contributed by atoms with E-state index >= 15 is 0 Å². The maximum atomic E-state index is 12.9. The van der Waals surface area contributed by atoms with Gasteiger partial charge in [-0.25, -0.2) is 0 Å². The van der Waals surface area contributed by atoms with Gasteiger partial charge in [-0.15, -0.1) is 12.6 Å². The van der Waals surface area contributed by atoms with E-state index in [9.17, 15) is 10.1 Å². The number of nitrogens with one attached hydrogen (secondary N) is 2. The molecule has 1 aromatic heterocycles. The number of pyridine rings is 1. The van der Waals surface area contributed by atoms with Crippen LogP contribution >= 0.6 is 12.6 Å². The van der Waals surface area contributed by atoms with Crippen molar-refractivity contribution in [3.63, 3.8) is 0 Å². The molecule has 1 aliphatic heterocycles. The number of thiol groups is 1. The van der Waals surface area contributed by atoms with Crippen LogP contribution in [0.5, 0.6) is 0 Å². The van der Waals surface area contributed by atoms with Crippen LogP contribution in [0.1, 0.15) is 18.4 Å². The van der Waals surface area contributed by atoms with Gasteiger partial charge in [-0.1, -0.05) is 18.2 Å². The highest BCUT2D eigenvalue weighted by Gasteiger charge is 2.33. The molecular weight excluding hydrogens is 332 g/mol. The van der Waals surface area contributed by atoms with E-state index in [1.165, 1.54) is 0 Å². The molecule has 5 nitrogen and oxygen atoms in total. The lowest BCUT2D eigenvalue weighted by Gasteiger charge is -2.28. The molecule has 1 aromatic carbocycles. The second-order valence-electron chi connectivity index (χ2n) is 5.57. The highest BCUT2D eigenvalue weighted by molar-refractivity contribution is 7.84. The first-order valence-corrected chi connectivity index (χ1v) is 8.14. The van der Waals surface area contributed by atoms with Gasteiger partial charge in [0.25, 0.3) is 5.91 Å². The Morgan fingerprint density at radius 2 is 1.92 bits per heavy atom. The van der Waals surface area contributed by atoms with Crippen molar-refractivity contribution in [2.75, 3.05) is 5.32 Å². The Balaban J connectivity index is 2.04. The van der Waals surface area contributed by atoms with Gasteiger partial charge in [0.05, 0.1) is 22.6 Å². The zero-order chi connectivity index (χ0) is 17.8. The van der Waals surface area contributed by atoms with Crippen LogP contribution in [-0.4, -0.2) is 10.9 Å². The molecule has 1 amide bonds. The molecule has 2 N–H and O–H groups in total. The van der Waals surface area contributed by atoms with Crippen LogP contribution < -0.4 is 10.6 Å². The molecule has 0 unspecified atom stereocenters. The summed E-state index contributed by atoms with van der Waals surface area (Å²) in [6, 6.07) is 15.0. The predicted octanol–water partition coefficient (Wildman–Crippen LogP) is 3.35. The van der Waals surface area contributed by atoms with E-state index in [4.69, 9.17) is 0 Å². The normalized spacial score (nSPS) is 16.9. The van der Waals surface area contributed by atoms with Gasteiger partial charge < -0.3 is 10.6 Å². The number of nitriles is 1. The van der Waals surface area contributed by atoms with Gasteiger partial charge in [-0.2, -0.15) is 5.26 Å². The van der Waals surface area contributed by atoms with E-state index in [1.807, 2.05) is 30.3 Å². The summed E-state index contributed by atoms with van der Waals surface area (Å²) >= 11 is 4.38. The molecule has 2 aromatic rings. The summed E-state index contributed by atoms with van der Waals surface area (Å²) in [5, 5.41) is 16.0. The number of nitrogens with zero attached hydrogens (tertiary/aromatic N) is 2. The Bertz CT molecular complexity index is 898. The minimum Gasteiger partial charge on any atom is -0.353 e. The molecule has 6 heteroatoms. The van der Waals surface area contributed by atoms with E-state index in [-0.39, 0.29) is 5.91 Å². The molecular formula is C19H16N4OS. The average molecular weight is 348 g/mol. The van der Waals surface area contributed by atoms with Crippen molar-refractivity contribution in [3.05, 3.63) is 82.3 Å². The Morgan fingerprint density at radius 1 is 1.24 bits per heavy atom. The largest absolute Gasteiger partial charge is 0.353 e. The molecule has 0 bridgehead atoms. The highest BCUT2D eigenvalue weighted by atomic mass is 32.1. The topological polar surface area (TPSA) is 77.8 Å². The van der Waals surface area contributed by atoms with Crippen LogP contribution in [-0.2, 0) is 4.79 Å². The third-order valence-electron chi connectivity index (χ3n) is 3.98. The first-order valence-electron chi connectivity index (χ1n) is 7.69. The second-order valence-corrected chi connectivity index (χ2v) is 6.02. The van der Waals surface area contributed by atoms with Crippen molar-refractivity contribution in [2.45, 2.75) is 12.8 Å². The van der Waals surface area contributed by atoms with Crippen molar-refractivity contribution in [1.29, 1.82) is 5.26 Å². The van der Waals surface area contributed by atoms with Crippen LogP contribution in [0.4, 0.5) is 5.69 Å². The number of allylic oxidation sites excluding steroid dienone is 2. The smallest absolute Gasteiger partial charge is 0.254 e. The third kappa shape index (κ3) is 3.42.